The second kappa shape index (κ2) is 6.47. The molecule has 0 bridgehead atoms. The van der Waals surface area contributed by atoms with Crippen LogP contribution in [0.3, 0.4) is 0 Å². The molecular weight excluding hydrogens is 322 g/mol. The molecule has 2 aliphatic heterocycles. The smallest absolute Gasteiger partial charge is 0.320 e. The van der Waals surface area contributed by atoms with E-state index in [0.717, 1.165) is 56.2 Å². The molecule has 0 aliphatic carbocycles. The maximum atomic E-state index is 12.4. The summed E-state index contributed by atoms with van der Waals surface area (Å²) >= 11 is 0. The van der Waals surface area contributed by atoms with E-state index in [1.807, 2.05) is 24.7 Å². The van der Waals surface area contributed by atoms with Crippen molar-refractivity contribution in [2.24, 2.45) is 7.05 Å². The molecule has 2 aliphatic rings. The van der Waals surface area contributed by atoms with E-state index in [2.05, 4.69) is 25.8 Å². The number of ether oxygens (including phenoxy) is 1. The Morgan fingerprint density at radius 3 is 3.00 bits per heavy atom. The normalized spacial score (nSPS) is 22.6. The second-order valence-electron chi connectivity index (χ2n) is 6.61. The number of nitrogens with one attached hydrogen (secondary N) is 2. The van der Waals surface area contributed by atoms with Crippen molar-refractivity contribution in [2.75, 3.05) is 11.9 Å². The lowest BCUT2D eigenvalue weighted by atomic mass is 10.1. The van der Waals surface area contributed by atoms with Crippen LogP contribution in [0.15, 0.2) is 6.07 Å². The van der Waals surface area contributed by atoms with E-state index in [0.29, 0.717) is 5.82 Å². The van der Waals surface area contributed by atoms with Crippen molar-refractivity contribution in [3.63, 3.8) is 0 Å². The van der Waals surface area contributed by atoms with Crippen molar-refractivity contribution in [3.05, 3.63) is 23.4 Å². The molecule has 4 heterocycles. The van der Waals surface area contributed by atoms with E-state index < -0.39 is 0 Å². The predicted molar refractivity (Wildman–Crippen MR) is 90.0 cm³/mol. The summed E-state index contributed by atoms with van der Waals surface area (Å²) in [5.74, 6) is 2.21. The largest absolute Gasteiger partial charge is 0.372 e. The van der Waals surface area contributed by atoms with E-state index in [9.17, 15) is 4.79 Å². The van der Waals surface area contributed by atoms with Crippen LogP contribution < -0.4 is 10.6 Å². The van der Waals surface area contributed by atoms with Gasteiger partial charge in [-0.15, -0.1) is 0 Å². The fourth-order valence-corrected chi connectivity index (χ4v) is 3.49. The van der Waals surface area contributed by atoms with Crippen molar-refractivity contribution in [1.29, 1.82) is 0 Å². The molecule has 2 amide bonds. The minimum absolute atomic E-state index is 0.0321. The molecule has 1 saturated heterocycles. The van der Waals surface area contributed by atoms with Crippen LogP contribution in [0.25, 0.3) is 0 Å². The van der Waals surface area contributed by atoms with Gasteiger partial charge in [-0.2, -0.15) is 10.2 Å². The number of amides is 2. The number of nitrogens with zero attached hydrogens (tertiary/aromatic N) is 5. The van der Waals surface area contributed by atoms with Gasteiger partial charge in [0.05, 0.1) is 11.7 Å². The molecule has 25 heavy (non-hydrogen) atoms. The molecule has 2 aromatic rings. The highest BCUT2D eigenvalue weighted by atomic mass is 16.5. The first-order valence-corrected chi connectivity index (χ1v) is 8.74. The molecule has 0 spiro atoms. The molecule has 4 rings (SSSR count). The minimum Gasteiger partial charge on any atom is -0.372 e. The third kappa shape index (κ3) is 3.23. The summed E-state index contributed by atoms with van der Waals surface area (Å²) in [5, 5.41) is 14.7. The number of rotatable bonds is 3. The van der Waals surface area contributed by atoms with Crippen LogP contribution in [0.5, 0.6) is 0 Å². The van der Waals surface area contributed by atoms with Gasteiger partial charge in [-0.05, 0) is 32.6 Å². The zero-order valence-corrected chi connectivity index (χ0v) is 14.5. The van der Waals surface area contributed by atoms with Crippen LogP contribution in [0.2, 0.25) is 0 Å². The van der Waals surface area contributed by atoms with Gasteiger partial charge >= 0.3 is 6.03 Å². The van der Waals surface area contributed by atoms with Gasteiger partial charge in [0.15, 0.2) is 0 Å². The summed E-state index contributed by atoms with van der Waals surface area (Å²) in [6.45, 7) is 3.49. The lowest BCUT2D eigenvalue weighted by molar-refractivity contribution is 0.108. The van der Waals surface area contributed by atoms with E-state index in [-0.39, 0.29) is 18.2 Å². The Morgan fingerprint density at radius 1 is 1.32 bits per heavy atom. The number of aromatic nitrogens is 5. The van der Waals surface area contributed by atoms with Crippen molar-refractivity contribution in [3.8, 4) is 0 Å². The highest BCUT2D eigenvalue weighted by Crippen LogP contribution is 2.29. The number of hydrogen-bond donors (Lipinski definition) is 2. The van der Waals surface area contributed by atoms with E-state index in [1.165, 1.54) is 0 Å². The van der Waals surface area contributed by atoms with E-state index in [4.69, 9.17) is 4.74 Å². The molecule has 2 aromatic heterocycles. The number of anilines is 1. The Labute approximate surface area is 145 Å². The number of carbonyl (C=O) groups excluding carboxylic acids is 1. The third-order valence-corrected chi connectivity index (χ3v) is 4.69. The number of fused-ring (bicyclic) bond motifs is 1. The molecule has 0 radical (unpaired) electrons. The monoisotopic (exact) mass is 345 g/mol. The average molecular weight is 345 g/mol. The van der Waals surface area contributed by atoms with Gasteiger partial charge in [0.25, 0.3) is 0 Å². The summed E-state index contributed by atoms with van der Waals surface area (Å²) in [6, 6.07) is 1.49. The quantitative estimate of drug-likeness (QED) is 0.884. The van der Waals surface area contributed by atoms with Crippen molar-refractivity contribution < 1.29 is 9.53 Å². The van der Waals surface area contributed by atoms with Gasteiger partial charge in [-0.1, -0.05) is 0 Å². The van der Waals surface area contributed by atoms with Crippen LogP contribution in [0.1, 0.15) is 55.2 Å². The van der Waals surface area contributed by atoms with Crippen LogP contribution in [-0.2, 0) is 18.3 Å². The number of carbonyl (C=O) groups is 1. The summed E-state index contributed by atoms with van der Waals surface area (Å²) < 4.78 is 9.20. The number of hydrogen-bond acceptors (Lipinski definition) is 5. The summed E-state index contributed by atoms with van der Waals surface area (Å²) in [4.78, 5) is 16.9. The molecule has 2 N–H and O–H groups in total. The SMILES string of the molecule is Cc1nc2n(n1)CCCC2NC(=O)Nc1cc(C2CCCO2)nn1C. The average Bonchev–Trinajstić information content (AvgIpc) is 3.28. The topological polar surface area (TPSA) is 98.9 Å². The van der Waals surface area contributed by atoms with Crippen LogP contribution >= 0.6 is 0 Å². The van der Waals surface area contributed by atoms with Crippen molar-refractivity contribution >= 4 is 11.8 Å². The maximum Gasteiger partial charge on any atom is 0.320 e. The van der Waals surface area contributed by atoms with Crippen LogP contribution in [-0.4, -0.2) is 37.2 Å². The second-order valence-corrected chi connectivity index (χ2v) is 6.61. The highest BCUT2D eigenvalue weighted by Gasteiger charge is 2.26. The van der Waals surface area contributed by atoms with Gasteiger partial charge in [0, 0.05) is 26.3 Å². The first-order valence-electron chi connectivity index (χ1n) is 8.74. The molecule has 9 nitrogen and oxygen atoms in total. The Bertz CT molecular complexity index is 776. The number of aryl methyl sites for hydroxylation is 3. The zero-order valence-electron chi connectivity index (χ0n) is 14.5. The Balaban J connectivity index is 1.43. The Morgan fingerprint density at radius 2 is 2.20 bits per heavy atom. The van der Waals surface area contributed by atoms with Crippen LogP contribution in [0.4, 0.5) is 10.6 Å². The standard InChI is InChI=1S/C16H23N7O2/c1-10-17-15-11(5-3-7-23(15)20-10)18-16(24)19-14-9-12(21-22(14)2)13-6-4-8-25-13/h9,11,13H,3-8H2,1-2H3,(H2,18,19,24). The van der Waals surface area contributed by atoms with Gasteiger partial charge < -0.3 is 10.1 Å². The molecule has 2 atom stereocenters. The summed E-state index contributed by atoms with van der Waals surface area (Å²) in [6.07, 6.45) is 3.88. The zero-order chi connectivity index (χ0) is 17.4. The molecule has 0 saturated carbocycles. The molecule has 1 fully saturated rings. The molecular formula is C16H23N7O2. The summed E-state index contributed by atoms with van der Waals surface area (Å²) in [7, 11) is 1.81. The molecule has 2 unspecified atom stereocenters. The van der Waals surface area contributed by atoms with Crippen molar-refractivity contribution in [2.45, 2.75) is 51.3 Å². The Hall–Kier alpha value is -2.42. The number of urea groups is 1. The maximum absolute atomic E-state index is 12.4. The van der Waals surface area contributed by atoms with Gasteiger partial charge in [-0.3, -0.25) is 10.00 Å². The fraction of sp³-hybridized carbons (Fsp3) is 0.625. The van der Waals surface area contributed by atoms with Crippen molar-refractivity contribution in [1.82, 2.24) is 29.9 Å². The first-order chi connectivity index (χ1) is 12.1. The Kier molecular flexibility index (Phi) is 4.16. The highest BCUT2D eigenvalue weighted by molar-refractivity contribution is 5.88. The third-order valence-electron chi connectivity index (χ3n) is 4.69. The van der Waals surface area contributed by atoms with Gasteiger partial charge in [-0.25, -0.2) is 14.5 Å². The van der Waals surface area contributed by atoms with Gasteiger partial charge in [0.2, 0.25) is 0 Å². The fourth-order valence-electron chi connectivity index (χ4n) is 3.49. The molecule has 134 valence electrons. The minimum atomic E-state index is -0.263. The van der Waals surface area contributed by atoms with Gasteiger partial charge in [0.1, 0.15) is 23.6 Å². The lowest BCUT2D eigenvalue weighted by Crippen LogP contribution is -2.36. The van der Waals surface area contributed by atoms with Crippen LogP contribution in [0, 0.1) is 6.92 Å². The van der Waals surface area contributed by atoms with E-state index in [1.54, 1.807) is 4.68 Å². The lowest BCUT2D eigenvalue weighted by Gasteiger charge is -2.23. The molecule has 9 heteroatoms. The first kappa shape index (κ1) is 16.1. The predicted octanol–water partition coefficient (Wildman–Crippen LogP) is 1.83. The summed E-state index contributed by atoms with van der Waals surface area (Å²) in [5.41, 5.74) is 0.864. The van der Waals surface area contributed by atoms with E-state index >= 15 is 0 Å². The molecule has 0 aromatic carbocycles.